The van der Waals surface area contributed by atoms with E-state index >= 15 is 0 Å². The van der Waals surface area contributed by atoms with Crippen molar-refractivity contribution in [1.29, 1.82) is 0 Å². The lowest BCUT2D eigenvalue weighted by atomic mass is 9.85. The highest BCUT2D eigenvalue weighted by Gasteiger charge is 2.35. The molecule has 0 bridgehead atoms. The van der Waals surface area contributed by atoms with E-state index in [-0.39, 0.29) is 0 Å². The van der Waals surface area contributed by atoms with E-state index in [1.165, 1.54) is 16.7 Å². The lowest BCUT2D eigenvalue weighted by Crippen LogP contribution is -2.40. The first-order chi connectivity index (χ1) is 13.3. The third-order valence-corrected chi connectivity index (χ3v) is 5.23. The molecule has 0 amide bonds. The second-order valence-corrected chi connectivity index (χ2v) is 7.74. The molecule has 1 aromatic heterocycles. The molecule has 3 rings (SSSR count). The Morgan fingerprint density at radius 3 is 2.68 bits per heavy atom. The molecule has 2 heterocycles. The largest absolute Gasteiger partial charge is 0.481 e. The molecule has 28 heavy (non-hydrogen) atoms. The van der Waals surface area contributed by atoms with Crippen molar-refractivity contribution in [3.63, 3.8) is 0 Å². The van der Waals surface area contributed by atoms with Crippen LogP contribution in [0.25, 0.3) is 0 Å². The minimum Gasteiger partial charge on any atom is -0.481 e. The number of aliphatic carboxylic acids is 1. The molecule has 7 nitrogen and oxygen atoms in total. The number of aromatic nitrogens is 2. The zero-order chi connectivity index (χ0) is 20.3. The number of aryl methyl sites for hydroxylation is 2. The van der Waals surface area contributed by atoms with Gasteiger partial charge in [0.25, 0.3) is 0 Å². The molecular weight excluding hydrogens is 356 g/mol. The van der Waals surface area contributed by atoms with Gasteiger partial charge >= 0.3 is 5.97 Å². The molecule has 0 radical (unpaired) electrons. The van der Waals surface area contributed by atoms with Gasteiger partial charge in [-0.15, -0.1) is 0 Å². The van der Waals surface area contributed by atoms with Crippen LogP contribution in [0.4, 0.5) is 11.8 Å². The van der Waals surface area contributed by atoms with E-state index < -0.39 is 11.4 Å². The number of hydrogen-bond donors (Lipinski definition) is 2. The molecule has 0 spiro atoms. The van der Waals surface area contributed by atoms with E-state index in [1.807, 2.05) is 0 Å². The van der Waals surface area contributed by atoms with Crippen LogP contribution in [0, 0.1) is 13.8 Å². The Labute approximate surface area is 165 Å². The van der Waals surface area contributed by atoms with E-state index in [9.17, 15) is 9.90 Å². The summed E-state index contributed by atoms with van der Waals surface area (Å²) >= 11 is 0. The van der Waals surface area contributed by atoms with E-state index in [0.717, 1.165) is 0 Å². The second kappa shape index (κ2) is 8.14. The van der Waals surface area contributed by atoms with Gasteiger partial charge in [-0.25, -0.2) is 4.98 Å². The third kappa shape index (κ3) is 4.25. The number of carboxylic acids is 1. The number of rotatable bonds is 6. The van der Waals surface area contributed by atoms with Crippen LogP contribution in [-0.4, -0.2) is 47.3 Å². The lowest BCUT2D eigenvalue weighted by Gasteiger charge is -2.32. The van der Waals surface area contributed by atoms with Crippen LogP contribution in [-0.2, 0) is 21.5 Å². The number of morpholine rings is 1. The highest BCUT2D eigenvalue weighted by atomic mass is 16.5. The minimum atomic E-state index is -1.08. The predicted octanol–water partition coefficient (Wildman–Crippen LogP) is 2.90. The summed E-state index contributed by atoms with van der Waals surface area (Å²) in [6, 6.07) is 6.34. The summed E-state index contributed by atoms with van der Waals surface area (Å²) < 4.78 is 5.44. The van der Waals surface area contributed by atoms with Crippen molar-refractivity contribution in [3.05, 3.63) is 46.6 Å². The van der Waals surface area contributed by atoms with Crippen molar-refractivity contribution < 1.29 is 14.6 Å². The molecule has 2 N–H and O–H groups in total. The molecule has 1 saturated heterocycles. The highest BCUT2D eigenvalue weighted by Crippen LogP contribution is 2.32. The minimum absolute atomic E-state index is 0.493. The fourth-order valence-electron chi connectivity index (χ4n) is 3.20. The molecule has 1 aliphatic rings. The van der Waals surface area contributed by atoms with Gasteiger partial charge in [-0.3, -0.25) is 4.79 Å². The number of carbonyl (C=O) groups is 1. The molecule has 150 valence electrons. The van der Waals surface area contributed by atoms with Gasteiger partial charge in [0.2, 0.25) is 5.95 Å². The Bertz CT molecular complexity index is 861. The summed E-state index contributed by atoms with van der Waals surface area (Å²) in [5.41, 5.74) is 3.12. The molecule has 0 aliphatic carbocycles. The lowest BCUT2D eigenvalue weighted by molar-refractivity contribution is -0.142. The fraction of sp³-hybridized carbons (Fsp3) is 0.476. The van der Waals surface area contributed by atoms with Gasteiger partial charge in [-0.05, 0) is 38.8 Å². The van der Waals surface area contributed by atoms with Crippen molar-refractivity contribution >= 4 is 17.7 Å². The van der Waals surface area contributed by atoms with Crippen LogP contribution in [0.15, 0.2) is 24.4 Å². The Hall–Kier alpha value is -2.67. The van der Waals surface area contributed by atoms with Crippen molar-refractivity contribution in [2.45, 2.75) is 39.7 Å². The van der Waals surface area contributed by atoms with Crippen LogP contribution < -0.4 is 10.2 Å². The van der Waals surface area contributed by atoms with Crippen LogP contribution >= 0.6 is 0 Å². The maximum absolute atomic E-state index is 11.8. The van der Waals surface area contributed by atoms with Gasteiger partial charge in [0.05, 0.1) is 18.6 Å². The quantitative estimate of drug-likeness (QED) is 0.792. The Morgan fingerprint density at radius 1 is 1.29 bits per heavy atom. The summed E-state index contributed by atoms with van der Waals surface area (Å²) in [5, 5.41) is 13.0. The van der Waals surface area contributed by atoms with Crippen molar-refractivity contribution in [3.8, 4) is 0 Å². The number of nitrogens with zero attached hydrogens (tertiary/aromatic N) is 3. The van der Waals surface area contributed by atoms with Crippen LogP contribution in [0.2, 0.25) is 0 Å². The first kappa shape index (κ1) is 20.1. The Balaban J connectivity index is 1.90. The smallest absolute Gasteiger partial charge is 0.313 e. The summed E-state index contributed by atoms with van der Waals surface area (Å²) in [6.07, 6.45) is 1.64. The van der Waals surface area contributed by atoms with E-state index in [0.29, 0.717) is 50.2 Å². The SMILES string of the molecule is Cc1ccc(C)c(CNc2ncc(C(C)(C)C(=O)O)c(N3CCOCC3)n2)c1. The third-order valence-electron chi connectivity index (χ3n) is 5.23. The summed E-state index contributed by atoms with van der Waals surface area (Å²) in [5.74, 6) is 0.253. The van der Waals surface area contributed by atoms with Crippen LogP contribution in [0.1, 0.15) is 36.1 Å². The number of carboxylic acid groups (broad SMARTS) is 1. The predicted molar refractivity (Wildman–Crippen MR) is 109 cm³/mol. The Morgan fingerprint density at radius 2 is 2.00 bits per heavy atom. The number of benzene rings is 1. The van der Waals surface area contributed by atoms with Gasteiger partial charge in [0, 0.05) is 31.4 Å². The van der Waals surface area contributed by atoms with Crippen LogP contribution in [0.5, 0.6) is 0 Å². The molecule has 7 heteroatoms. The molecule has 2 aromatic rings. The van der Waals surface area contributed by atoms with E-state index in [4.69, 9.17) is 9.72 Å². The first-order valence-corrected chi connectivity index (χ1v) is 9.52. The molecule has 1 aromatic carbocycles. The standard InChI is InChI=1S/C21H28N4O3/c1-14-5-6-15(2)16(11-14)12-22-20-23-13-17(21(3,4)19(26)27)18(24-20)25-7-9-28-10-8-25/h5-6,11,13H,7-10,12H2,1-4H3,(H,26,27)(H,22,23,24). The first-order valence-electron chi connectivity index (χ1n) is 9.52. The second-order valence-electron chi connectivity index (χ2n) is 7.74. The monoisotopic (exact) mass is 384 g/mol. The summed E-state index contributed by atoms with van der Waals surface area (Å²) in [7, 11) is 0. The molecular formula is C21H28N4O3. The van der Waals surface area contributed by atoms with Gasteiger partial charge in [-0.2, -0.15) is 4.98 Å². The van der Waals surface area contributed by atoms with Gasteiger partial charge in [0.15, 0.2) is 0 Å². The van der Waals surface area contributed by atoms with E-state index in [1.54, 1.807) is 20.0 Å². The van der Waals surface area contributed by atoms with Crippen molar-refractivity contribution in [2.24, 2.45) is 0 Å². The maximum atomic E-state index is 11.8. The normalized spacial score (nSPS) is 14.8. The highest BCUT2D eigenvalue weighted by molar-refractivity contribution is 5.82. The molecule has 0 unspecified atom stereocenters. The molecule has 1 aliphatic heterocycles. The van der Waals surface area contributed by atoms with Crippen molar-refractivity contribution in [1.82, 2.24) is 9.97 Å². The molecule has 0 atom stereocenters. The molecule has 1 fully saturated rings. The average Bonchev–Trinajstić information content (AvgIpc) is 2.69. The molecule has 0 saturated carbocycles. The zero-order valence-corrected chi connectivity index (χ0v) is 17.0. The zero-order valence-electron chi connectivity index (χ0n) is 17.0. The summed E-state index contributed by atoms with van der Waals surface area (Å²) in [4.78, 5) is 23.0. The van der Waals surface area contributed by atoms with E-state index in [2.05, 4.69) is 47.2 Å². The maximum Gasteiger partial charge on any atom is 0.313 e. The van der Waals surface area contributed by atoms with Crippen molar-refractivity contribution in [2.75, 3.05) is 36.5 Å². The average molecular weight is 384 g/mol. The number of nitrogens with one attached hydrogen (secondary N) is 1. The topological polar surface area (TPSA) is 87.6 Å². The number of hydrogen-bond acceptors (Lipinski definition) is 6. The van der Waals surface area contributed by atoms with Gasteiger partial charge in [0.1, 0.15) is 5.82 Å². The summed E-state index contributed by atoms with van der Waals surface area (Å²) in [6.45, 7) is 10.7. The number of anilines is 2. The van der Waals surface area contributed by atoms with Crippen LogP contribution in [0.3, 0.4) is 0 Å². The fourth-order valence-corrected chi connectivity index (χ4v) is 3.20. The van der Waals surface area contributed by atoms with Gasteiger partial charge < -0.3 is 20.1 Å². The Kier molecular flexibility index (Phi) is 5.84. The van der Waals surface area contributed by atoms with Gasteiger partial charge in [-0.1, -0.05) is 23.8 Å². The number of ether oxygens (including phenoxy) is 1.